The second kappa shape index (κ2) is 9.72. The number of hydrogen-bond donors (Lipinski definition) is 3. The molecule has 1 aliphatic heterocycles. The number of hydrogen-bond acceptors (Lipinski definition) is 5. The number of rotatable bonds is 7. The Kier molecular flexibility index (Phi) is 6.91. The molecule has 0 unspecified atom stereocenters. The van der Waals surface area contributed by atoms with Crippen molar-refractivity contribution in [1.82, 2.24) is 4.90 Å². The van der Waals surface area contributed by atoms with Crippen LogP contribution in [0.5, 0.6) is 5.75 Å². The van der Waals surface area contributed by atoms with Gasteiger partial charge in [-0.05, 0) is 55.2 Å². The van der Waals surface area contributed by atoms with E-state index in [0.717, 1.165) is 33.1 Å². The number of allylic oxidation sites excluding steroid dienone is 2. The molecule has 180 valence electrons. The fourth-order valence-electron chi connectivity index (χ4n) is 5.75. The molecule has 2 amide bonds. The van der Waals surface area contributed by atoms with Crippen LogP contribution in [0.3, 0.4) is 0 Å². The highest BCUT2D eigenvalue weighted by molar-refractivity contribution is 6.05. The zero-order chi connectivity index (χ0) is 24.6. The van der Waals surface area contributed by atoms with Gasteiger partial charge in [0, 0.05) is 18.4 Å². The molecule has 4 rings (SSSR count). The summed E-state index contributed by atoms with van der Waals surface area (Å²) in [7, 11) is 1.50. The highest BCUT2D eigenvalue weighted by Crippen LogP contribution is 2.46. The number of fused-ring (bicyclic) bond motifs is 2. The summed E-state index contributed by atoms with van der Waals surface area (Å²) in [4.78, 5) is 26.5. The third kappa shape index (κ3) is 4.17. The van der Waals surface area contributed by atoms with Crippen molar-refractivity contribution in [3.05, 3.63) is 58.7 Å². The molecule has 1 aliphatic carbocycles. The Labute approximate surface area is 200 Å². The average Bonchev–Trinajstić information content (AvgIpc) is 3.06. The van der Waals surface area contributed by atoms with Crippen molar-refractivity contribution in [2.75, 3.05) is 13.7 Å². The summed E-state index contributed by atoms with van der Waals surface area (Å²) < 4.78 is 0. The summed E-state index contributed by atoms with van der Waals surface area (Å²) in [5, 5.41) is 33.3. The quantitative estimate of drug-likeness (QED) is 0.425. The normalized spacial score (nSPS) is 24.2. The molecular weight excluding hydrogens is 430 g/mol. The van der Waals surface area contributed by atoms with Gasteiger partial charge in [-0.25, -0.2) is 0 Å². The van der Waals surface area contributed by atoms with Crippen molar-refractivity contribution in [1.29, 1.82) is 0 Å². The predicted molar refractivity (Wildman–Crippen MR) is 132 cm³/mol. The number of phenols is 1. The molecule has 3 N–H and O–H groups in total. The summed E-state index contributed by atoms with van der Waals surface area (Å²) >= 11 is 0. The van der Waals surface area contributed by atoms with Gasteiger partial charge in [-0.1, -0.05) is 54.5 Å². The Morgan fingerprint density at radius 1 is 1.15 bits per heavy atom. The first-order valence-electron chi connectivity index (χ1n) is 12.0. The maximum Gasteiger partial charge on any atom is 0.233 e. The van der Waals surface area contributed by atoms with Gasteiger partial charge in [0.25, 0.3) is 0 Å². The van der Waals surface area contributed by atoms with Gasteiger partial charge in [-0.3, -0.25) is 14.5 Å². The molecule has 0 radical (unpaired) electrons. The van der Waals surface area contributed by atoms with Crippen LogP contribution < -0.4 is 0 Å². The number of imide groups is 1. The zero-order valence-corrected chi connectivity index (χ0v) is 20.0. The molecule has 0 aromatic heterocycles. The van der Waals surface area contributed by atoms with Crippen molar-refractivity contribution >= 4 is 28.7 Å². The first-order valence-corrected chi connectivity index (χ1v) is 12.0. The number of aliphatic hydroxyl groups excluding tert-OH is 2. The van der Waals surface area contributed by atoms with E-state index in [-0.39, 0.29) is 24.2 Å². The predicted octanol–water partition coefficient (Wildman–Crippen LogP) is 4.04. The minimum Gasteiger partial charge on any atom is -0.507 e. The molecule has 6 nitrogen and oxygen atoms in total. The number of phenolic OH excluding ortho intramolecular Hbond substituents is 1. The standard InChI is InChI=1S/C28H33NO5/c1-4-17-14-21-26(28(34)29(3)27(21)33)22(15-30)25(17)24(32)11-9-16(2)13-18-10-12-23(31)20-8-6-5-7-19(18)20/h5-8,10,12-13,21-22,24,26,30-32H,4,9,11,14-15H2,1-3H3/b16-13+/t21-,22+,24-,26-/m1/s1. The van der Waals surface area contributed by atoms with Crippen LogP contribution in [0.25, 0.3) is 16.8 Å². The SMILES string of the molecule is CCC1=C([C@H](O)CC/C(C)=C/c2ccc(O)c3ccccc23)[C@H](CO)[C@@H]2C(=O)N(C)C(=O)[C@@H]2C1. The Balaban J connectivity index is 1.56. The van der Waals surface area contributed by atoms with E-state index >= 15 is 0 Å². The van der Waals surface area contributed by atoms with Gasteiger partial charge in [0.05, 0.1) is 24.5 Å². The minimum absolute atomic E-state index is 0.187. The number of carbonyl (C=O) groups is 2. The Bertz CT molecular complexity index is 1180. The lowest BCUT2D eigenvalue weighted by molar-refractivity contribution is -0.138. The molecule has 34 heavy (non-hydrogen) atoms. The second-order valence-corrected chi connectivity index (χ2v) is 9.54. The Hall–Kier alpha value is -2.96. The van der Waals surface area contributed by atoms with Crippen LogP contribution in [0.15, 0.2) is 53.1 Å². The topological polar surface area (TPSA) is 98.1 Å². The van der Waals surface area contributed by atoms with Gasteiger partial charge >= 0.3 is 0 Å². The third-order valence-electron chi connectivity index (χ3n) is 7.54. The van der Waals surface area contributed by atoms with Crippen molar-refractivity contribution in [3.8, 4) is 5.75 Å². The third-order valence-corrected chi connectivity index (χ3v) is 7.54. The fraction of sp³-hybridized carbons (Fsp3) is 0.429. The highest BCUT2D eigenvalue weighted by Gasteiger charge is 2.53. The van der Waals surface area contributed by atoms with Crippen molar-refractivity contribution < 1.29 is 24.9 Å². The fourth-order valence-corrected chi connectivity index (χ4v) is 5.75. The molecule has 1 saturated heterocycles. The Morgan fingerprint density at radius 3 is 2.53 bits per heavy atom. The number of amides is 2. The van der Waals surface area contributed by atoms with Crippen LogP contribution >= 0.6 is 0 Å². The van der Waals surface area contributed by atoms with Crippen molar-refractivity contribution in [3.63, 3.8) is 0 Å². The van der Waals surface area contributed by atoms with E-state index in [1.165, 1.54) is 11.9 Å². The molecule has 6 heteroatoms. The lowest BCUT2D eigenvalue weighted by Crippen LogP contribution is -2.38. The number of aromatic hydroxyl groups is 1. The van der Waals surface area contributed by atoms with Crippen LogP contribution in [-0.4, -0.2) is 51.8 Å². The average molecular weight is 464 g/mol. The lowest BCUT2D eigenvalue weighted by Gasteiger charge is -2.36. The van der Waals surface area contributed by atoms with E-state index in [9.17, 15) is 24.9 Å². The van der Waals surface area contributed by atoms with E-state index in [1.54, 1.807) is 6.07 Å². The van der Waals surface area contributed by atoms with E-state index in [1.807, 2.05) is 44.2 Å². The second-order valence-electron chi connectivity index (χ2n) is 9.54. The van der Waals surface area contributed by atoms with Crippen molar-refractivity contribution in [2.45, 2.75) is 45.6 Å². The Morgan fingerprint density at radius 2 is 1.85 bits per heavy atom. The molecule has 4 atom stereocenters. The molecule has 2 aromatic rings. The van der Waals surface area contributed by atoms with Crippen molar-refractivity contribution in [2.24, 2.45) is 17.8 Å². The van der Waals surface area contributed by atoms with Gasteiger partial charge < -0.3 is 15.3 Å². The monoisotopic (exact) mass is 463 g/mol. The molecule has 0 saturated carbocycles. The molecule has 1 fully saturated rings. The molecular formula is C28H33NO5. The minimum atomic E-state index is -0.790. The number of nitrogens with zero attached hydrogens (tertiary/aromatic N) is 1. The van der Waals surface area contributed by atoms with Crippen LogP contribution in [-0.2, 0) is 9.59 Å². The summed E-state index contributed by atoms with van der Waals surface area (Å²) in [6.07, 6.45) is 3.51. The maximum absolute atomic E-state index is 12.7. The molecule has 0 spiro atoms. The number of benzene rings is 2. The summed E-state index contributed by atoms with van der Waals surface area (Å²) in [5.74, 6) is -1.77. The largest absolute Gasteiger partial charge is 0.507 e. The van der Waals surface area contributed by atoms with Crippen LogP contribution in [0.2, 0.25) is 0 Å². The van der Waals surface area contributed by atoms with Crippen LogP contribution in [0.1, 0.15) is 45.1 Å². The first kappa shape index (κ1) is 24.2. The number of aliphatic hydroxyl groups is 2. The van der Waals surface area contributed by atoms with E-state index in [0.29, 0.717) is 25.7 Å². The first-order chi connectivity index (χ1) is 16.3. The van der Waals surface area contributed by atoms with Gasteiger partial charge in [0.1, 0.15) is 5.75 Å². The molecule has 2 aliphatic rings. The van der Waals surface area contributed by atoms with Crippen LogP contribution in [0, 0.1) is 17.8 Å². The lowest BCUT2D eigenvalue weighted by atomic mass is 9.67. The smallest absolute Gasteiger partial charge is 0.233 e. The van der Waals surface area contributed by atoms with E-state index < -0.39 is 23.9 Å². The van der Waals surface area contributed by atoms with Crippen LogP contribution in [0.4, 0.5) is 0 Å². The summed E-state index contributed by atoms with van der Waals surface area (Å²) in [6.45, 7) is 3.74. The summed E-state index contributed by atoms with van der Waals surface area (Å²) in [6, 6.07) is 11.3. The molecule has 1 heterocycles. The van der Waals surface area contributed by atoms with Gasteiger partial charge in [0.2, 0.25) is 11.8 Å². The van der Waals surface area contributed by atoms with E-state index in [4.69, 9.17) is 0 Å². The highest BCUT2D eigenvalue weighted by atomic mass is 16.3. The maximum atomic E-state index is 12.7. The number of carbonyl (C=O) groups excluding carboxylic acids is 2. The zero-order valence-electron chi connectivity index (χ0n) is 20.0. The molecule has 2 aromatic carbocycles. The number of likely N-dealkylation sites (tertiary alicyclic amines) is 1. The van der Waals surface area contributed by atoms with Gasteiger partial charge in [-0.15, -0.1) is 0 Å². The molecule has 0 bridgehead atoms. The summed E-state index contributed by atoms with van der Waals surface area (Å²) in [5.41, 5.74) is 3.80. The van der Waals surface area contributed by atoms with Gasteiger partial charge in [-0.2, -0.15) is 0 Å². The van der Waals surface area contributed by atoms with E-state index in [2.05, 4.69) is 6.08 Å². The van der Waals surface area contributed by atoms with Gasteiger partial charge in [0.15, 0.2) is 0 Å².